The summed E-state index contributed by atoms with van der Waals surface area (Å²) in [4.78, 5) is 10.9. The van der Waals surface area contributed by atoms with Gasteiger partial charge in [-0.2, -0.15) is 0 Å². The Balaban J connectivity index is 3.25. The number of Topliss-reactive ketones (excluding diaryl/α,β-unsaturated/α-hetero) is 1. The van der Waals surface area contributed by atoms with Crippen molar-refractivity contribution >= 4 is 11.9 Å². The first-order chi connectivity index (χ1) is 5.65. The Hall–Kier alpha value is -1.44. The van der Waals surface area contributed by atoms with E-state index in [4.69, 9.17) is 0 Å². The predicted octanol–water partition coefficient (Wildman–Crippen LogP) is 2.67. The van der Waals surface area contributed by atoms with Crippen LogP contribution in [0.1, 0.15) is 22.8 Å². The van der Waals surface area contributed by atoms with Gasteiger partial charge in [-0.15, -0.1) is 0 Å². The second-order valence-corrected chi connectivity index (χ2v) is 2.50. The van der Waals surface area contributed by atoms with Gasteiger partial charge >= 0.3 is 0 Å². The molecule has 2 heteroatoms. The van der Waals surface area contributed by atoms with Crippen molar-refractivity contribution in [2.24, 2.45) is 0 Å². The van der Waals surface area contributed by atoms with Gasteiger partial charge in [-0.3, -0.25) is 4.79 Å². The van der Waals surface area contributed by atoms with Crippen molar-refractivity contribution in [3.8, 4) is 0 Å². The van der Waals surface area contributed by atoms with Gasteiger partial charge in [0.05, 0.1) is 5.56 Å². The fourth-order valence-electron chi connectivity index (χ4n) is 0.940. The SMILES string of the molecule is C=Cc1ccc(F)c(C(C)=O)c1. The smallest absolute Gasteiger partial charge is 0.162 e. The summed E-state index contributed by atoms with van der Waals surface area (Å²) in [6.45, 7) is 4.87. The van der Waals surface area contributed by atoms with Crippen molar-refractivity contribution in [1.29, 1.82) is 0 Å². The Morgan fingerprint density at radius 3 is 2.75 bits per heavy atom. The molecule has 0 fully saturated rings. The lowest BCUT2D eigenvalue weighted by molar-refractivity contribution is 0.101. The number of benzene rings is 1. The van der Waals surface area contributed by atoms with Crippen molar-refractivity contribution < 1.29 is 9.18 Å². The third kappa shape index (κ3) is 1.59. The molecule has 0 aliphatic carbocycles. The zero-order valence-corrected chi connectivity index (χ0v) is 6.80. The number of halogens is 1. The highest BCUT2D eigenvalue weighted by Gasteiger charge is 2.06. The number of ketones is 1. The molecule has 0 unspecified atom stereocenters. The molecule has 1 rings (SSSR count). The van der Waals surface area contributed by atoms with E-state index in [1.165, 1.54) is 19.1 Å². The quantitative estimate of drug-likeness (QED) is 0.614. The zero-order valence-electron chi connectivity index (χ0n) is 6.80. The molecule has 0 bridgehead atoms. The normalized spacial score (nSPS) is 9.50. The van der Waals surface area contributed by atoms with Gasteiger partial charge in [0.1, 0.15) is 5.82 Å². The maximum absolute atomic E-state index is 12.9. The number of hydrogen-bond acceptors (Lipinski definition) is 1. The second-order valence-electron chi connectivity index (χ2n) is 2.50. The average molecular weight is 164 g/mol. The molecule has 1 nitrogen and oxygen atoms in total. The number of carbonyl (C=O) groups is 1. The second kappa shape index (κ2) is 3.30. The third-order valence-corrected chi connectivity index (χ3v) is 1.61. The lowest BCUT2D eigenvalue weighted by Gasteiger charge is -1.99. The van der Waals surface area contributed by atoms with Gasteiger partial charge < -0.3 is 0 Å². The van der Waals surface area contributed by atoms with Crippen molar-refractivity contribution in [3.63, 3.8) is 0 Å². The van der Waals surface area contributed by atoms with Crippen LogP contribution >= 0.6 is 0 Å². The summed E-state index contributed by atoms with van der Waals surface area (Å²) in [5.41, 5.74) is 0.869. The van der Waals surface area contributed by atoms with Crippen LogP contribution in [0.15, 0.2) is 24.8 Å². The molecule has 1 aromatic carbocycles. The molecule has 12 heavy (non-hydrogen) atoms. The van der Waals surface area contributed by atoms with E-state index in [1.54, 1.807) is 12.1 Å². The van der Waals surface area contributed by atoms with Crippen molar-refractivity contribution in [2.75, 3.05) is 0 Å². The third-order valence-electron chi connectivity index (χ3n) is 1.61. The molecule has 0 saturated carbocycles. The lowest BCUT2D eigenvalue weighted by Crippen LogP contribution is -1.96. The van der Waals surface area contributed by atoms with Crippen molar-refractivity contribution in [1.82, 2.24) is 0 Å². The first-order valence-corrected chi connectivity index (χ1v) is 3.58. The standard InChI is InChI=1S/C10H9FO/c1-3-8-4-5-10(11)9(6-8)7(2)12/h3-6H,1H2,2H3. The Morgan fingerprint density at radius 2 is 2.25 bits per heavy atom. The molecule has 0 aliphatic rings. The van der Waals surface area contributed by atoms with Gasteiger partial charge in [0.2, 0.25) is 0 Å². The van der Waals surface area contributed by atoms with Gasteiger partial charge in [-0.05, 0) is 24.6 Å². The summed E-state index contributed by atoms with van der Waals surface area (Å²) >= 11 is 0. The fraction of sp³-hybridized carbons (Fsp3) is 0.100. The van der Waals surface area contributed by atoms with Gasteiger partial charge in [-0.25, -0.2) is 4.39 Å². The molecule has 0 spiro atoms. The molecule has 0 heterocycles. The van der Waals surface area contributed by atoms with Crippen LogP contribution in [0.3, 0.4) is 0 Å². The van der Waals surface area contributed by atoms with Gasteiger partial charge in [-0.1, -0.05) is 18.7 Å². The Bertz CT molecular complexity index is 329. The van der Waals surface area contributed by atoms with Gasteiger partial charge in [0.25, 0.3) is 0 Å². The highest BCUT2D eigenvalue weighted by molar-refractivity contribution is 5.94. The van der Waals surface area contributed by atoms with Crippen LogP contribution in [-0.2, 0) is 0 Å². The van der Waals surface area contributed by atoms with E-state index in [1.807, 2.05) is 0 Å². The summed E-state index contributed by atoms with van der Waals surface area (Å²) in [6.07, 6.45) is 1.58. The molecule has 0 radical (unpaired) electrons. The average Bonchev–Trinajstić information content (AvgIpc) is 2.05. The largest absolute Gasteiger partial charge is 0.294 e. The molecule has 0 amide bonds. The van der Waals surface area contributed by atoms with E-state index in [0.29, 0.717) is 0 Å². The molecule has 0 saturated heterocycles. The summed E-state index contributed by atoms with van der Waals surface area (Å²) in [7, 11) is 0. The first-order valence-electron chi connectivity index (χ1n) is 3.58. The van der Waals surface area contributed by atoms with Crippen molar-refractivity contribution in [3.05, 3.63) is 41.7 Å². The minimum atomic E-state index is -0.479. The maximum Gasteiger partial charge on any atom is 0.162 e. The van der Waals surface area contributed by atoms with Gasteiger partial charge in [0, 0.05) is 0 Å². The molecule has 1 aromatic rings. The summed E-state index contributed by atoms with van der Waals surface area (Å²) in [5.74, 6) is -0.746. The molecular formula is C10H9FO. The minimum absolute atomic E-state index is 0.118. The van der Waals surface area contributed by atoms with E-state index in [9.17, 15) is 9.18 Å². The molecule has 0 aromatic heterocycles. The highest BCUT2D eigenvalue weighted by Crippen LogP contribution is 2.11. The minimum Gasteiger partial charge on any atom is -0.294 e. The topological polar surface area (TPSA) is 17.1 Å². The highest BCUT2D eigenvalue weighted by atomic mass is 19.1. The molecule has 0 aliphatic heterocycles. The first kappa shape index (κ1) is 8.65. The zero-order chi connectivity index (χ0) is 9.14. The number of hydrogen-bond donors (Lipinski definition) is 0. The molecule has 0 N–H and O–H groups in total. The number of carbonyl (C=O) groups excluding carboxylic acids is 1. The fourth-order valence-corrected chi connectivity index (χ4v) is 0.940. The van der Waals surface area contributed by atoms with Crippen molar-refractivity contribution in [2.45, 2.75) is 6.92 Å². The summed E-state index contributed by atoms with van der Waals surface area (Å²) < 4.78 is 12.9. The Kier molecular flexibility index (Phi) is 2.38. The Labute approximate surface area is 70.5 Å². The van der Waals surface area contributed by atoms with E-state index >= 15 is 0 Å². The molecule has 62 valence electrons. The van der Waals surface area contributed by atoms with E-state index in [2.05, 4.69) is 6.58 Å². The lowest BCUT2D eigenvalue weighted by atomic mass is 10.1. The molecular weight excluding hydrogens is 155 g/mol. The van der Waals surface area contributed by atoms with E-state index < -0.39 is 5.82 Å². The van der Waals surface area contributed by atoms with Crippen LogP contribution < -0.4 is 0 Å². The van der Waals surface area contributed by atoms with Crippen LogP contribution in [0.5, 0.6) is 0 Å². The molecule has 0 atom stereocenters. The monoisotopic (exact) mass is 164 g/mol. The van der Waals surface area contributed by atoms with Crippen LogP contribution in [-0.4, -0.2) is 5.78 Å². The van der Waals surface area contributed by atoms with Crippen LogP contribution in [0.25, 0.3) is 6.08 Å². The maximum atomic E-state index is 12.9. The summed E-state index contributed by atoms with van der Waals surface area (Å²) in [6, 6.07) is 4.34. The number of rotatable bonds is 2. The van der Waals surface area contributed by atoms with E-state index in [0.717, 1.165) is 5.56 Å². The Morgan fingerprint density at radius 1 is 1.58 bits per heavy atom. The van der Waals surface area contributed by atoms with Crippen LogP contribution in [0, 0.1) is 5.82 Å². The predicted molar refractivity (Wildman–Crippen MR) is 46.5 cm³/mol. The van der Waals surface area contributed by atoms with E-state index in [-0.39, 0.29) is 11.3 Å². The summed E-state index contributed by atoms with van der Waals surface area (Å²) in [5, 5.41) is 0. The van der Waals surface area contributed by atoms with Crippen LogP contribution in [0.4, 0.5) is 4.39 Å². The van der Waals surface area contributed by atoms with Crippen LogP contribution in [0.2, 0.25) is 0 Å². The van der Waals surface area contributed by atoms with Gasteiger partial charge in [0.15, 0.2) is 5.78 Å².